The molecule has 0 unspecified atom stereocenters. The van der Waals surface area contributed by atoms with Crippen LogP contribution in [-0.4, -0.2) is 16.9 Å². The summed E-state index contributed by atoms with van der Waals surface area (Å²) in [7, 11) is 0. The molecule has 0 bridgehead atoms. The summed E-state index contributed by atoms with van der Waals surface area (Å²) in [6.45, 7) is 3.86. The maximum atomic E-state index is 13.2. The van der Waals surface area contributed by atoms with Crippen molar-refractivity contribution in [2.24, 2.45) is 0 Å². The third-order valence-electron chi connectivity index (χ3n) is 4.96. The molecule has 0 radical (unpaired) electrons. The van der Waals surface area contributed by atoms with E-state index in [-0.39, 0.29) is 10.7 Å². The summed E-state index contributed by atoms with van der Waals surface area (Å²) < 4.78 is 5.82. The highest BCUT2D eigenvalue weighted by Gasteiger charge is 2.35. The number of carbonyl (C=O) groups is 2. The number of nitrogens with one attached hydrogen (secondary N) is 1. The maximum absolute atomic E-state index is 13.2. The summed E-state index contributed by atoms with van der Waals surface area (Å²) in [5.41, 5.74) is 3.34. The van der Waals surface area contributed by atoms with E-state index in [1.165, 1.54) is 11.0 Å². The Kier molecular flexibility index (Phi) is 5.28. The number of hydrogen-bond acceptors (Lipinski definition) is 4. The number of amides is 2. The smallest absolute Gasteiger partial charge is 0.270 e. The Hall–Kier alpha value is -3.22. The number of thiocarbonyl (C=S) groups is 1. The Morgan fingerprint density at radius 2 is 1.77 bits per heavy atom. The van der Waals surface area contributed by atoms with Gasteiger partial charge < -0.3 is 4.42 Å². The lowest BCUT2D eigenvalue weighted by Gasteiger charge is -2.30. The lowest BCUT2D eigenvalue weighted by atomic mass is 10.0. The van der Waals surface area contributed by atoms with Gasteiger partial charge in [-0.2, -0.15) is 0 Å². The minimum absolute atomic E-state index is 0.0529. The fourth-order valence-corrected chi connectivity index (χ4v) is 3.60. The van der Waals surface area contributed by atoms with Crippen LogP contribution >= 0.6 is 23.8 Å². The minimum Gasteiger partial charge on any atom is -0.457 e. The van der Waals surface area contributed by atoms with Gasteiger partial charge in [0.25, 0.3) is 11.8 Å². The molecular formula is C23H17ClN2O3S. The molecular weight excluding hydrogens is 420 g/mol. The molecule has 150 valence electrons. The monoisotopic (exact) mass is 436 g/mol. The second kappa shape index (κ2) is 7.89. The van der Waals surface area contributed by atoms with Gasteiger partial charge in [0, 0.05) is 10.6 Å². The van der Waals surface area contributed by atoms with Gasteiger partial charge in [0.2, 0.25) is 0 Å². The van der Waals surface area contributed by atoms with Gasteiger partial charge in [0.15, 0.2) is 5.11 Å². The molecule has 0 spiro atoms. The van der Waals surface area contributed by atoms with Gasteiger partial charge in [-0.3, -0.25) is 19.8 Å². The number of anilines is 1. The van der Waals surface area contributed by atoms with Crippen molar-refractivity contribution in [1.82, 2.24) is 5.32 Å². The molecule has 5 nitrogen and oxygen atoms in total. The maximum Gasteiger partial charge on any atom is 0.270 e. The van der Waals surface area contributed by atoms with Crippen LogP contribution in [0.3, 0.4) is 0 Å². The summed E-state index contributed by atoms with van der Waals surface area (Å²) in [6, 6.07) is 16.3. The first-order valence-electron chi connectivity index (χ1n) is 9.18. The molecule has 1 aliphatic rings. The van der Waals surface area contributed by atoms with Crippen LogP contribution in [0.2, 0.25) is 5.02 Å². The van der Waals surface area contributed by atoms with Crippen molar-refractivity contribution < 1.29 is 14.0 Å². The summed E-state index contributed by atoms with van der Waals surface area (Å²) in [5, 5.41) is 3.27. The number of carbonyl (C=O) groups excluding carboxylic acids is 2. The number of furan rings is 1. The molecule has 1 N–H and O–H groups in total. The molecule has 30 heavy (non-hydrogen) atoms. The Bertz CT molecular complexity index is 1210. The first-order chi connectivity index (χ1) is 14.3. The summed E-state index contributed by atoms with van der Waals surface area (Å²) >= 11 is 11.2. The average Bonchev–Trinajstić information content (AvgIpc) is 3.17. The topological polar surface area (TPSA) is 62.6 Å². The second-order valence-corrected chi connectivity index (χ2v) is 7.71. The first kappa shape index (κ1) is 20.1. The average molecular weight is 437 g/mol. The molecule has 1 saturated heterocycles. The number of nitrogens with zero attached hydrogens (tertiary/aromatic N) is 1. The van der Waals surface area contributed by atoms with Crippen molar-refractivity contribution >= 4 is 52.5 Å². The van der Waals surface area contributed by atoms with Crippen LogP contribution in [-0.2, 0) is 9.59 Å². The van der Waals surface area contributed by atoms with E-state index in [4.69, 9.17) is 28.2 Å². The van der Waals surface area contributed by atoms with E-state index in [0.29, 0.717) is 22.2 Å². The van der Waals surface area contributed by atoms with Crippen LogP contribution < -0.4 is 10.2 Å². The molecule has 0 saturated carbocycles. The van der Waals surface area contributed by atoms with Crippen LogP contribution in [0.15, 0.2) is 64.6 Å². The van der Waals surface area contributed by atoms with E-state index in [0.717, 1.165) is 16.7 Å². The highest BCUT2D eigenvalue weighted by molar-refractivity contribution is 7.80. The molecule has 3 aromatic rings. The fourth-order valence-electron chi connectivity index (χ4n) is 3.20. The normalized spacial score (nSPS) is 15.6. The quantitative estimate of drug-likeness (QED) is 0.354. The highest BCUT2D eigenvalue weighted by atomic mass is 35.5. The van der Waals surface area contributed by atoms with Crippen molar-refractivity contribution in [3.05, 3.63) is 82.1 Å². The Morgan fingerprint density at radius 1 is 1.03 bits per heavy atom. The lowest BCUT2D eigenvalue weighted by Crippen LogP contribution is -2.54. The predicted octanol–water partition coefficient (Wildman–Crippen LogP) is 5.05. The number of hydrogen-bond donors (Lipinski definition) is 1. The van der Waals surface area contributed by atoms with Gasteiger partial charge in [-0.25, -0.2) is 0 Å². The van der Waals surface area contributed by atoms with Gasteiger partial charge in [-0.1, -0.05) is 23.7 Å². The van der Waals surface area contributed by atoms with E-state index >= 15 is 0 Å². The number of aryl methyl sites for hydroxylation is 1. The molecule has 1 aliphatic heterocycles. The Labute approximate surface area is 183 Å². The molecule has 2 aromatic carbocycles. The SMILES string of the molecule is Cc1cccc(N2C(=O)/C(=C/c3ccc(-c4ccc(Cl)cc4)o3)C(=O)NC2=S)c1C. The molecule has 2 heterocycles. The third-order valence-corrected chi connectivity index (χ3v) is 5.50. The van der Waals surface area contributed by atoms with Gasteiger partial charge in [-0.05, 0) is 85.7 Å². The summed E-state index contributed by atoms with van der Waals surface area (Å²) in [5.74, 6) is -0.0748. The minimum atomic E-state index is -0.559. The third kappa shape index (κ3) is 3.67. The lowest BCUT2D eigenvalue weighted by molar-refractivity contribution is -0.122. The number of rotatable bonds is 3. The van der Waals surface area contributed by atoms with Crippen molar-refractivity contribution in [3.8, 4) is 11.3 Å². The van der Waals surface area contributed by atoms with E-state index < -0.39 is 11.8 Å². The van der Waals surface area contributed by atoms with Gasteiger partial charge in [0.05, 0.1) is 5.69 Å². The summed E-state index contributed by atoms with van der Waals surface area (Å²) in [6.07, 6.45) is 1.43. The van der Waals surface area contributed by atoms with Crippen LogP contribution in [0.5, 0.6) is 0 Å². The van der Waals surface area contributed by atoms with Crippen LogP contribution in [0, 0.1) is 13.8 Å². The van der Waals surface area contributed by atoms with Crippen LogP contribution in [0.4, 0.5) is 5.69 Å². The zero-order valence-corrected chi connectivity index (χ0v) is 17.8. The zero-order chi connectivity index (χ0) is 21.4. The van der Waals surface area contributed by atoms with E-state index in [1.807, 2.05) is 38.1 Å². The van der Waals surface area contributed by atoms with Crippen LogP contribution in [0.25, 0.3) is 17.4 Å². The molecule has 2 amide bonds. The largest absolute Gasteiger partial charge is 0.457 e. The Balaban J connectivity index is 1.70. The zero-order valence-electron chi connectivity index (χ0n) is 16.2. The van der Waals surface area contributed by atoms with Crippen molar-refractivity contribution in [2.45, 2.75) is 13.8 Å². The molecule has 1 aromatic heterocycles. The fraction of sp³-hybridized carbons (Fsp3) is 0.0870. The molecule has 4 rings (SSSR count). The predicted molar refractivity (Wildman–Crippen MR) is 121 cm³/mol. The first-order valence-corrected chi connectivity index (χ1v) is 9.97. The van der Waals surface area contributed by atoms with Crippen molar-refractivity contribution in [3.63, 3.8) is 0 Å². The number of halogens is 1. The van der Waals surface area contributed by atoms with Gasteiger partial charge in [0.1, 0.15) is 17.1 Å². The van der Waals surface area contributed by atoms with Crippen molar-refractivity contribution in [1.29, 1.82) is 0 Å². The van der Waals surface area contributed by atoms with Crippen LogP contribution in [0.1, 0.15) is 16.9 Å². The second-order valence-electron chi connectivity index (χ2n) is 6.89. The van der Waals surface area contributed by atoms with Gasteiger partial charge in [-0.15, -0.1) is 0 Å². The highest BCUT2D eigenvalue weighted by Crippen LogP contribution is 2.28. The standard InChI is InChI=1S/C23H17ClN2O3S/c1-13-4-3-5-19(14(13)2)26-22(28)18(21(27)25-23(26)30)12-17-10-11-20(29-17)15-6-8-16(24)9-7-15/h3-12H,1-2H3,(H,25,27,30)/b18-12+. The molecule has 7 heteroatoms. The Morgan fingerprint density at radius 3 is 2.50 bits per heavy atom. The van der Waals surface area contributed by atoms with Gasteiger partial charge >= 0.3 is 0 Å². The van der Waals surface area contributed by atoms with E-state index in [2.05, 4.69) is 5.32 Å². The van der Waals surface area contributed by atoms with E-state index in [9.17, 15) is 9.59 Å². The van der Waals surface area contributed by atoms with E-state index in [1.54, 1.807) is 30.3 Å². The summed E-state index contributed by atoms with van der Waals surface area (Å²) in [4.78, 5) is 27.0. The molecule has 1 fully saturated rings. The molecule has 0 aliphatic carbocycles. The molecule has 0 atom stereocenters. The number of benzene rings is 2. The van der Waals surface area contributed by atoms with Crippen molar-refractivity contribution in [2.75, 3.05) is 4.90 Å².